The van der Waals surface area contributed by atoms with Gasteiger partial charge < -0.3 is 10.5 Å². The number of rotatable bonds is 2. The van der Waals surface area contributed by atoms with Gasteiger partial charge in [-0.3, -0.25) is 0 Å². The van der Waals surface area contributed by atoms with Crippen molar-refractivity contribution in [3.8, 4) is 5.19 Å². The van der Waals surface area contributed by atoms with E-state index in [4.69, 9.17) is 10.5 Å². The molecule has 0 aliphatic carbocycles. The highest BCUT2D eigenvalue weighted by atomic mass is 32.2. The van der Waals surface area contributed by atoms with Crippen molar-refractivity contribution >= 4 is 28.2 Å². The van der Waals surface area contributed by atoms with Gasteiger partial charge in [0.2, 0.25) is 5.13 Å². The molecule has 1 atom stereocenters. The van der Waals surface area contributed by atoms with Crippen LogP contribution >= 0.6 is 23.1 Å². The van der Waals surface area contributed by atoms with Crippen LogP contribution in [0.1, 0.15) is 6.42 Å². The summed E-state index contributed by atoms with van der Waals surface area (Å²) in [4.78, 5) is 0. The molecule has 66 valence electrons. The average Bonchev–Trinajstić information content (AvgIpc) is 2.63. The van der Waals surface area contributed by atoms with Crippen molar-refractivity contribution in [1.29, 1.82) is 0 Å². The molecule has 2 heterocycles. The van der Waals surface area contributed by atoms with Gasteiger partial charge in [0.1, 0.15) is 6.10 Å². The number of ether oxygens (including phenoxy) is 1. The van der Waals surface area contributed by atoms with Gasteiger partial charge in [-0.2, -0.15) is 11.8 Å². The van der Waals surface area contributed by atoms with Gasteiger partial charge >= 0.3 is 0 Å². The lowest BCUT2D eigenvalue weighted by Crippen LogP contribution is -2.14. The molecule has 1 aliphatic rings. The number of nitrogen functional groups attached to an aromatic ring is 1. The lowest BCUT2D eigenvalue weighted by Gasteiger charge is -2.06. The standard InChI is InChI=1S/C6H9N3OS2/c7-5-8-9-6(12-5)10-4-1-2-11-3-4/h4H,1-3H2,(H2,7,8). The minimum atomic E-state index is 0.308. The molecule has 1 aliphatic heterocycles. The summed E-state index contributed by atoms with van der Waals surface area (Å²) in [6, 6.07) is 0. The molecule has 1 saturated heterocycles. The maximum absolute atomic E-state index is 5.54. The Morgan fingerprint density at radius 3 is 3.00 bits per heavy atom. The first-order valence-corrected chi connectivity index (χ1v) is 5.65. The van der Waals surface area contributed by atoms with Gasteiger partial charge in [-0.15, -0.1) is 5.10 Å². The van der Waals surface area contributed by atoms with Gasteiger partial charge in [-0.05, 0) is 23.5 Å². The molecule has 1 fully saturated rings. The lowest BCUT2D eigenvalue weighted by molar-refractivity contribution is 0.226. The Bertz CT molecular complexity index is 259. The van der Waals surface area contributed by atoms with E-state index in [1.54, 1.807) is 0 Å². The smallest absolute Gasteiger partial charge is 0.296 e. The summed E-state index contributed by atoms with van der Waals surface area (Å²) in [5.41, 5.74) is 5.41. The summed E-state index contributed by atoms with van der Waals surface area (Å²) in [6.45, 7) is 0. The van der Waals surface area contributed by atoms with E-state index in [1.165, 1.54) is 17.1 Å². The molecule has 0 radical (unpaired) electrons. The van der Waals surface area contributed by atoms with Crippen LogP contribution in [-0.2, 0) is 0 Å². The summed E-state index contributed by atoms with van der Waals surface area (Å²) in [7, 11) is 0. The highest BCUT2D eigenvalue weighted by molar-refractivity contribution is 7.99. The van der Waals surface area contributed by atoms with Crippen LogP contribution in [0.2, 0.25) is 0 Å². The highest BCUT2D eigenvalue weighted by Crippen LogP contribution is 2.25. The predicted octanol–water partition coefficient (Wildman–Crippen LogP) is 1.00. The van der Waals surface area contributed by atoms with E-state index in [0.717, 1.165) is 12.2 Å². The Balaban J connectivity index is 1.94. The van der Waals surface area contributed by atoms with Crippen LogP contribution in [0.15, 0.2) is 0 Å². The predicted molar refractivity (Wildman–Crippen MR) is 50.7 cm³/mol. The van der Waals surface area contributed by atoms with Crippen molar-refractivity contribution in [2.24, 2.45) is 0 Å². The Morgan fingerprint density at radius 1 is 1.50 bits per heavy atom. The molecular weight excluding hydrogens is 194 g/mol. The summed E-state index contributed by atoms with van der Waals surface area (Å²) >= 11 is 3.21. The Hall–Kier alpha value is -0.490. The molecule has 0 bridgehead atoms. The second kappa shape index (κ2) is 3.49. The van der Waals surface area contributed by atoms with Crippen LogP contribution in [0.5, 0.6) is 5.19 Å². The number of thioether (sulfide) groups is 1. The zero-order valence-corrected chi connectivity index (χ0v) is 8.03. The second-order valence-corrected chi connectivity index (χ2v) is 4.63. The first-order chi connectivity index (χ1) is 5.84. The van der Waals surface area contributed by atoms with E-state index in [9.17, 15) is 0 Å². The maximum atomic E-state index is 5.54. The summed E-state index contributed by atoms with van der Waals surface area (Å²) in [5.74, 6) is 2.23. The molecule has 0 aromatic carbocycles. The molecule has 1 aromatic rings. The molecule has 6 heteroatoms. The Labute approximate surface area is 78.5 Å². The summed E-state index contributed by atoms with van der Waals surface area (Å²) in [6.07, 6.45) is 1.41. The number of nitrogens with two attached hydrogens (primary N) is 1. The molecule has 1 unspecified atom stereocenters. The largest absolute Gasteiger partial charge is 0.465 e. The monoisotopic (exact) mass is 203 g/mol. The van der Waals surface area contributed by atoms with Crippen molar-refractivity contribution in [1.82, 2.24) is 10.2 Å². The van der Waals surface area contributed by atoms with Gasteiger partial charge in [0.25, 0.3) is 5.19 Å². The Kier molecular flexibility index (Phi) is 2.36. The van der Waals surface area contributed by atoms with Crippen LogP contribution in [0, 0.1) is 0 Å². The fourth-order valence-electron chi connectivity index (χ4n) is 1.02. The first-order valence-electron chi connectivity index (χ1n) is 3.68. The summed E-state index contributed by atoms with van der Waals surface area (Å²) < 4.78 is 5.54. The number of anilines is 1. The van der Waals surface area contributed by atoms with Gasteiger partial charge in [-0.1, -0.05) is 5.10 Å². The Morgan fingerprint density at radius 2 is 2.42 bits per heavy atom. The number of nitrogens with zero attached hydrogens (tertiary/aromatic N) is 2. The van der Waals surface area contributed by atoms with E-state index in [0.29, 0.717) is 16.4 Å². The molecular formula is C6H9N3OS2. The zero-order chi connectivity index (χ0) is 8.39. The molecule has 12 heavy (non-hydrogen) atoms. The molecule has 1 aromatic heterocycles. The van der Waals surface area contributed by atoms with Crippen molar-refractivity contribution < 1.29 is 4.74 Å². The molecule has 0 saturated carbocycles. The number of aromatic nitrogens is 2. The third-order valence-corrected chi connectivity index (χ3v) is 3.35. The minimum Gasteiger partial charge on any atom is -0.465 e. The second-order valence-electron chi connectivity index (χ2n) is 2.51. The minimum absolute atomic E-state index is 0.308. The number of hydrogen-bond acceptors (Lipinski definition) is 6. The van der Waals surface area contributed by atoms with Gasteiger partial charge in [-0.25, -0.2) is 0 Å². The van der Waals surface area contributed by atoms with E-state index in [1.807, 2.05) is 11.8 Å². The van der Waals surface area contributed by atoms with Crippen molar-refractivity contribution in [3.05, 3.63) is 0 Å². The van der Waals surface area contributed by atoms with Crippen molar-refractivity contribution in [3.63, 3.8) is 0 Å². The van der Waals surface area contributed by atoms with Crippen LogP contribution < -0.4 is 10.5 Å². The van der Waals surface area contributed by atoms with Gasteiger partial charge in [0, 0.05) is 5.75 Å². The van der Waals surface area contributed by atoms with Crippen LogP contribution in [0.3, 0.4) is 0 Å². The molecule has 4 nitrogen and oxygen atoms in total. The molecule has 2 N–H and O–H groups in total. The van der Waals surface area contributed by atoms with E-state index in [2.05, 4.69) is 10.2 Å². The fraction of sp³-hybridized carbons (Fsp3) is 0.667. The van der Waals surface area contributed by atoms with E-state index < -0.39 is 0 Å². The fourth-order valence-corrected chi connectivity index (χ4v) is 2.64. The summed E-state index contributed by atoms with van der Waals surface area (Å²) in [5, 5.41) is 8.53. The third-order valence-electron chi connectivity index (χ3n) is 1.58. The van der Waals surface area contributed by atoms with Crippen molar-refractivity contribution in [2.45, 2.75) is 12.5 Å². The van der Waals surface area contributed by atoms with Crippen LogP contribution in [0.4, 0.5) is 5.13 Å². The van der Waals surface area contributed by atoms with Gasteiger partial charge in [0.05, 0.1) is 0 Å². The quantitative estimate of drug-likeness (QED) is 0.777. The van der Waals surface area contributed by atoms with Gasteiger partial charge in [0.15, 0.2) is 0 Å². The van der Waals surface area contributed by atoms with E-state index >= 15 is 0 Å². The highest BCUT2D eigenvalue weighted by Gasteiger charge is 2.18. The first kappa shape index (κ1) is 8.12. The zero-order valence-electron chi connectivity index (χ0n) is 6.40. The van der Waals surface area contributed by atoms with Crippen molar-refractivity contribution in [2.75, 3.05) is 17.2 Å². The number of hydrogen-bond donors (Lipinski definition) is 1. The van der Waals surface area contributed by atoms with Crippen LogP contribution in [-0.4, -0.2) is 27.8 Å². The normalized spacial score (nSPS) is 22.8. The molecule has 0 amide bonds. The molecule has 0 spiro atoms. The third kappa shape index (κ3) is 1.81. The SMILES string of the molecule is Nc1nnc(OC2CCSC2)s1. The molecule has 2 rings (SSSR count). The lowest BCUT2D eigenvalue weighted by atomic mass is 10.3. The maximum Gasteiger partial charge on any atom is 0.296 e. The van der Waals surface area contributed by atoms with Crippen LogP contribution in [0.25, 0.3) is 0 Å². The topological polar surface area (TPSA) is 61.0 Å². The van der Waals surface area contributed by atoms with E-state index in [-0.39, 0.29) is 0 Å². The average molecular weight is 203 g/mol.